The van der Waals surface area contributed by atoms with Gasteiger partial charge in [0, 0.05) is 13.1 Å². The molecule has 0 aromatic carbocycles. The zero-order valence-corrected chi connectivity index (χ0v) is 7.93. The van der Waals surface area contributed by atoms with Crippen molar-refractivity contribution in [1.82, 2.24) is 9.80 Å². The van der Waals surface area contributed by atoms with Gasteiger partial charge in [-0.1, -0.05) is 0 Å². The first-order valence-corrected chi connectivity index (χ1v) is 4.37. The quantitative estimate of drug-likeness (QED) is 0.574. The maximum Gasteiger partial charge on any atom is 0.404 e. The summed E-state index contributed by atoms with van der Waals surface area (Å²) in [6, 6.07) is -1.27. The maximum absolute atomic E-state index is 12.4. The average Bonchev–Trinajstić information content (AvgIpc) is 2.12. The second-order valence-electron chi connectivity index (χ2n) is 3.63. The van der Waals surface area contributed by atoms with Crippen LogP contribution < -0.4 is 0 Å². The Balaban J connectivity index is 2.62. The number of hydrogen-bond donors (Lipinski definition) is 0. The third kappa shape index (κ3) is 2.84. The highest BCUT2D eigenvalue weighted by molar-refractivity contribution is 4.81. The van der Waals surface area contributed by atoms with Gasteiger partial charge in [-0.05, 0) is 27.1 Å². The van der Waals surface area contributed by atoms with E-state index < -0.39 is 12.2 Å². The minimum Gasteiger partial charge on any atom is -0.305 e. The van der Waals surface area contributed by atoms with Crippen molar-refractivity contribution in [2.75, 3.05) is 33.7 Å². The second kappa shape index (κ2) is 3.84. The predicted molar refractivity (Wildman–Crippen MR) is 44.6 cm³/mol. The Kier molecular flexibility index (Phi) is 3.18. The average molecular weight is 196 g/mol. The highest BCUT2D eigenvalue weighted by Gasteiger charge is 2.42. The highest BCUT2D eigenvalue weighted by Crippen LogP contribution is 2.27. The molecule has 5 heteroatoms. The monoisotopic (exact) mass is 196 g/mol. The Bertz CT molecular complexity index is 169. The van der Waals surface area contributed by atoms with Gasteiger partial charge in [-0.3, -0.25) is 4.90 Å². The lowest BCUT2D eigenvalue weighted by molar-refractivity contribution is -0.179. The van der Waals surface area contributed by atoms with Crippen LogP contribution in [0.2, 0.25) is 0 Å². The Morgan fingerprint density at radius 3 is 2.23 bits per heavy atom. The van der Waals surface area contributed by atoms with Crippen LogP contribution in [0.4, 0.5) is 13.2 Å². The van der Waals surface area contributed by atoms with Crippen molar-refractivity contribution >= 4 is 0 Å². The van der Waals surface area contributed by atoms with Gasteiger partial charge in [0.1, 0.15) is 6.04 Å². The molecule has 0 N–H and O–H groups in total. The van der Waals surface area contributed by atoms with Gasteiger partial charge in [0.05, 0.1) is 0 Å². The van der Waals surface area contributed by atoms with E-state index >= 15 is 0 Å². The molecular weight excluding hydrogens is 181 g/mol. The van der Waals surface area contributed by atoms with Gasteiger partial charge in [0.15, 0.2) is 0 Å². The summed E-state index contributed by atoms with van der Waals surface area (Å²) < 4.78 is 37.3. The molecule has 1 atom stereocenters. The largest absolute Gasteiger partial charge is 0.404 e. The van der Waals surface area contributed by atoms with E-state index in [9.17, 15) is 13.2 Å². The van der Waals surface area contributed by atoms with Crippen LogP contribution in [0.15, 0.2) is 0 Å². The van der Waals surface area contributed by atoms with Crippen LogP contribution in [0, 0.1) is 0 Å². The summed E-state index contributed by atoms with van der Waals surface area (Å²) in [5.41, 5.74) is 0. The van der Waals surface area contributed by atoms with Crippen LogP contribution in [0.3, 0.4) is 0 Å². The summed E-state index contributed by atoms with van der Waals surface area (Å²) in [4.78, 5) is 3.33. The molecule has 1 fully saturated rings. The van der Waals surface area contributed by atoms with E-state index in [4.69, 9.17) is 0 Å². The van der Waals surface area contributed by atoms with Crippen LogP contribution in [0.25, 0.3) is 0 Å². The van der Waals surface area contributed by atoms with Gasteiger partial charge in [-0.15, -0.1) is 0 Å². The summed E-state index contributed by atoms with van der Waals surface area (Å²) in [5.74, 6) is 0. The number of likely N-dealkylation sites (N-methyl/N-ethyl adjacent to an activating group) is 2. The van der Waals surface area contributed by atoms with Crippen LogP contribution in [-0.2, 0) is 0 Å². The maximum atomic E-state index is 12.4. The SMILES string of the molecule is CN1CCC(C(F)(F)F)N(C)CC1. The predicted octanol–water partition coefficient (Wildman–Crippen LogP) is 1.18. The van der Waals surface area contributed by atoms with E-state index in [2.05, 4.69) is 0 Å². The zero-order valence-electron chi connectivity index (χ0n) is 7.93. The van der Waals surface area contributed by atoms with Gasteiger partial charge < -0.3 is 4.90 Å². The molecule has 0 spiro atoms. The summed E-state index contributed by atoms with van der Waals surface area (Å²) in [5, 5.41) is 0. The molecule has 0 aromatic heterocycles. The van der Waals surface area contributed by atoms with Crippen molar-refractivity contribution in [1.29, 1.82) is 0 Å². The first kappa shape index (κ1) is 10.8. The summed E-state index contributed by atoms with van der Waals surface area (Å²) in [6.07, 6.45) is -3.91. The van der Waals surface area contributed by atoms with Crippen LogP contribution in [0.5, 0.6) is 0 Å². The molecule has 0 amide bonds. The Hall–Kier alpha value is -0.290. The third-order valence-corrected chi connectivity index (χ3v) is 2.53. The van der Waals surface area contributed by atoms with Gasteiger partial charge in [0.2, 0.25) is 0 Å². The molecule has 0 radical (unpaired) electrons. The topological polar surface area (TPSA) is 6.48 Å². The molecule has 0 aliphatic carbocycles. The van der Waals surface area contributed by atoms with Crippen molar-refractivity contribution in [2.45, 2.75) is 18.6 Å². The molecule has 0 bridgehead atoms. The molecular formula is C8H15F3N2. The van der Waals surface area contributed by atoms with Crippen molar-refractivity contribution in [2.24, 2.45) is 0 Å². The molecule has 13 heavy (non-hydrogen) atoms. The standard InChI is InChI=1S/C8H15F3N2/c1-12-4-3-7(8(9,10)11)13(2)6-5-12/h7H,3-6H2,1-2H3. The minimum atomic E-state index is -4.08. The van der Waals surface area contributed by atoms with Crippen LogP contribution in [0.1, 0.15) is 6.42 Å². The van der Waals surface area contributed by atoms with Gasteiger partial charge in [-0.25, -0.2) is 0 Å². The fourth-order valence-corrected chi connectivity index (χ4v) is 1.57. The lowest BCUT2D eigenvalue weighted by Gasteiger charge is -2.27. The molecule has 0 saturated carbocycles. The Morgan fingerprint density at radius 2 is 1.69 bits per heavy atom. The van der Waals surface area contributed by atoms with E-state index in [0.29, 0.717) is 19.6 Å². The summed E-state index contributed by atoms with van der Waals surface area (Å²) in [7, 11) is 3.39. The molecule has 0 aromatic rings. The van der Waals surface area contributed by atoms with Gasteiger partial charge in [-0.2, -0.15) is 13.2 Å². The van der Waals surface area contributed by atoms with E-state index in [0.717, 1.165) is 0 Å². The molecule has 1 aliphatic rings. The van der Waals surface area contributed by atoms with Crippen LogP contribution >= 0.6 is 0 Å². The zero-order chi connectivity index (χ0) is 10.1. The molecule has 1 heterocycles. The van der Waals surface area contributed by atoms with Crippen molar-refractivity contribution in [3.8, 4) is 0 Å². The highest BCUT2D eigenvalue weighted by atomic mass is 19.4. The second-order valence-corrected chi connectivity index (χ2v) is 3.63. The number of nitrogens with zero attached hydrogens (tertiary/aromatic N) is 2. The first-order valence-electron chi connectivity index (χ1n) is 4.37. The van der Waals surface area contributed by atoms with Crippen molar-refractivity contribution < 1.29 is 13.2 Å². The smallest absolute Gasteiger partial charge is 0.305 e. The van der Waals surface area contributed by atoms with Crippen molar-refractivity contribution in [3.05, 3.63) is 0 Å². The van der Waals surface area contributed by atoms with E-state index in [1.54, 1.807) is 0 Å². The Morgan fingerprint density at radius 1 is 1.08 bits per heavy atom. The number of rotatable bonds is 0. The lowest BCUT2D eigenvalue weighted by Crippen LogP contribution is -2.43. The normalized spacial score (nSPS) is 28.8. The molecule has 1 saturated heterocycles. The van der Waals surface area contributed by atoms with E-state index in [1.165, 1.54) is 11.9 Å². The molecule has 78 valence electrons. The number of hydrogen-bond acceptors (Lipinski definition) is 2. The van der Waals surface area contributed by atoms with E-state index in [1.807, 2.05) is 11.9 Å². The molecule has 2 nitrogen and oxygen atoms in total. The fourth-order valence-electron chi connectivity index (χ4n) is 1.57. The van der Waals surface area contributed by atoms with Gasteiger partial charge in [0.25, 0.3) is 0 Å². The third-order valence-electron chi connectivity index (χ3n) is 2.53. The summed E-state index contributed by atoms with van der Waals surface area (Å²) >= 11 is 0. The minimum absolute atomic E-state index is 0.177. The number of alkyl halides is 3. The number of halogens is 3. The fraction of sp³-hybridized carbons (Fsp3) is 1.00. The van der Waals surface area contributed by atoms with Gasteiger partial charge >= 0.3 is 6.18 Å². The first-order chi connectivity index (χ1) is 5.91. The lowest BCUT2D eigenvalue weighted by atomic mass is 10.2. The van der Waals surface area contributed by atoms with Crippen LogP contribution in [-0.4, -0.2) is 55.7 Å². The van der Waals surface area contributed by atoms with E-state index in [-0.39, 0.29) is 6.42 Å². The Labute approximate surface area is 76.3 Å². The molecule has 1 unspecified atom stereocenters. The molecule has 1 aliphatic heterocycles. The van der Waals surface area contributed by atoms with Crippen molar-refractivity contribution in [3.63, 3.8) is 0 Å². The molecule has 1 rings (SSSR count). The summed E-state index contributed by atoms with van der Waals surface area (Å²) in [6.45, 7) is 1.72.